The van der Waals surface area contributed by atoms with Gasteiger partial charge in [0.1, 0.15) is 0 Å². The second-order valence-electron chi connectivity index (χ2n) is 3.36. The van der Waals surface area contributed by atoms with Crippen LogP contribution in [0.5, 0.6) is 0 Å². The molecule has 1 aromatic rings. The first kappa shape index (κ1) is 10.6. The molecule has 74 valence electrons. The molecule has 0 radical (unpaired) electrons. The molecule has 1 aromatic carbocycles. The standard InChI is InChI=1S/C7H8.C6H9N/c2*1-7-5-3-2-4-6-7/h2-6H,1H3;2-5H,6H2,1H3. The molecule has 1 heteroatoms. The smallest absolute Gasteiger partial charge is 0.0353 e. The molecule has 1 nitrogen and oxygen atoms in total. The van der Waals surface area contributed by atoms with E-state index in [1.165, 1.54) is 5.56 Å². The molecule has 0 fully saturated rings. The number of hydrogen-bond acceptors (Lipinski definition) is 1. The van der Waals surface area contributed by atoms with Gasteiger partial charge < -0.3 is 4.90 Å². The van der Waals surface area contributed by atoms with E-state index < -0.39 is 0 Å². The summed E-state index contributed by atoms with van der Waals surface area (Å²) in [5.74, 6) is 0. The minimum absolute atomic E-state index is 1.05. The largest absolute Gasteiger partial charge is 0.377 e. The Hall–Kier alpha value is -1.50. The maximum absolute atomic E-state index is 2.12. The van der Waals surface area contributed by atoms with Gasteiger partial charge in [-0.3, -0.25) is 0 Å². The summed E-state index contributed by atoms with van der Waals surface area (Å²) < 4.78 is 0. The number of nitrogens with zero attached hydrogens (tertiary/aromatic N) is 1. The molecule has 0 saturated carbocycles. The van der Waals surface area contributed by atoms with Gasteiger partial charge in [0, 0.05) is 13.6 Å². The fourth-order valence-corrected chi connectivity index (χ4v) is 1.10. The molecule has 0 saturated heterocycles. The van der Waals surface area contributed by atoms with Crippen molar-refractivity contribution in [3.63, 3.8) is 0 Å². The molecule has 1 aliphatic heterocycles. The van der Waals surface area contributed by atoms with Gasteiger partial charge in [0.2, 0.25) is 0 Å². The van der Waals surface area contributed by atoms with E-state index >= 15 is 0 Å². The van der Waals surface area contributed by atoms with Crippen LogP contribution in [0.3, 0.4) is 0 Å². The number of allylic oxidation sites excluding steroid dienone is 2. The Morgan fingerprint density at radius 1 is 1.07 bits per heavy atom. The van der Waals surface area contributed by atoms with Crippen molar-refractivity contribution in [1.29, 1.82) is 0 Å². The molecule has 0 atom stereocenters. The van der Waals surface area contributed by atoms with E-state index in [2.05, 4.69) is 49.4 Å². The van der Waals surface area contributed by atoms with E-state index in [0.717, 1.165) is 6.54 Å². The molecule has 0 amide bonds. The Bertz CT molecular complexity index is 298. The third kappa shape index (κ3) is 4.51. The Balaban J connectivity index is 0.000000140. The Morgan fingerprint density at radius 3 is 2.07 bits per heavy atom. The van der Waals surface area contributed by atoms with E-state index in [0.29, 0.717) is 0 Å². The molecule has 0 bridgehead atoms. The summed E-state index contributed by atoms with van der Waals surface area (Å²) >= 11 is 0. The molecule has 0 N–H and O–H groups in total. The fourth-order valence-electron chi connectivity index (χ4n) is 1.10. The van der Waals surface area contributed by atoms with Crippen LogP contribution in [-0.2, 0) is 0 Å². The van der Waals surface area contributed by atoms with Crippen molar-refractivity contribution in [1.82, 2.24) is 4.90 Å². The normalized spacial score (nSPS) is 13.4. The topological polar surface area (TPSA) is 3.24 Å². The zero-order valence-electron chi connectivity index (χ0n) is 8.85. The highest BCUT2D eigenvalue weighted by Crippen LogP contribution is 1.92. The van der Waals surface area contributed by atoms with Crippen molar-refractivity contribution in [2.75, 3.05) is 13.6 Å². The molecule has 14 heavy (non-hydrogen) atoms. The lowest BCUT2D eigenvalue weighted by atomic mass is 10.2. The van der Waals surface area contributed by atoms with Crippen molar-refractivity contribution in [3.05, 3.63) is 60.3 Å². The molecule has 2 rings (SSSR count). The minimum atomic E-state index is 1.05. The quantitative estimate of drug-likeness (QED) is 0.603. The molecular formula is C13H17N. The molecule has 0 aliphatic carbocycles. The molecule has 0 unspecified atom stereocenters. The highest BCUT2D eigenvalue weighted by Gasteiger charge is 1.86. The first-order valence-electron chi connectivity index (χ1n) is 4.84. The zero-order valence-corrected chi connectivity index (χ0v) is 8.85. The Kier molecular flexibility index (Phi) is 4.56. The monoisotopic (exact) mass is 187 g/mol. The van der Waals surface area contributed by atoms with Gasteiger partial charge in [-0.2, -0.15) is 0 Å². The van der Waals surface area contributed by atoms with Crippen LogP contribution in [0.25, 0.3) is 0 Å². The predicted molar refractivity (Wildman–Crippen MR) is 62.1 cm³/mol. The average molecular weight is 187 g/mol. The third-order valence-corrected chi connectivity index (χ3v) is 1.92. The summed E-state index contributed by atoms with van der Waals surface area (Å²) in [5.41, 5.74) is 1.32. The maximum atomic E-state index is 2.12. The first-order valence-corrected chi connectivity index (χ1v) is 4.84. The summed E-state index contributed by atoms with van der Waals surface area (Å²) in [6, 6.07) is 10.3. The summed E-state index contributed by atoms with van der Waals surface area (Å²) in [6.07, 6.45) is 8.27. The Labute approximate surface area is 86.4 Å². The van der Waals surface area contributed by atoms with E-state index in [9.17, 15) is 0 Å². The van der Waals surface area contributed by atoms with Gasteiger partial charge in [-0.25, -0.2) is 0 Å². The van der Waals surface area contributed by atoms with Crippen LogP contribution in [0.1, 0.15) is 5.56 Å². The van der Waals surface area contributed by atoms with E-state index in [1.807, 2.05) is 24.3 Å². The number of hydrogen-bond donors (Lipinski definition) is 0. The van der Waals surface area contributed by atoms with Gasteiger partial charge in [0.25, 0.3) is 0 Å². The summed E-state index contributed by atoms with van der Waals surface area (Å²) in [6.45, 7) is 3.14. The van der Waals surface area contributed by atoms with E-state index in [-0.39, 0.29) is 0 Å². The van der Waals surface area contributed by atoms with Crippen LogP contribution in [0.15, 0.2) is 54.8 Å². The maximum Gasteiger partial charge on any atom is 0.0353 e. The fraction of sp³-hybridized carbons (Fsp3) is 0.231. The van der Waals surface area contributed by atoms with Gasteiger partial charge in [0.15, 0.2) is 0 Å². The van der Waals surface area contributed by atoms with Gasteiger partial charge in [-0.05, 0) is 19.2 Å². The van der Waals surface area contributed by atoms with E-state index in [4.69, 9.17) is 0 Å². The van der Waals surface area contributed by atoms with Crippen molar-refractivity contribution in [2.45, 2.75) is 6.92 Å². The molecule has 1 aliphatic rings. The highest BCUT2D eigenvalue weighted by molar-refractivity contribution is 5.11. The lowest BCUT2D eigenvalue weighted by Crippen LogP contribution is -2.11. The summed E-state index contributed by atoms with van der Waals surface area (Å²) in [4.78, 5) is 2.12. The number of aryl methyl sites for hydroxylation is 1. The number of likely N-dealkylation sites (N-methyl/N-ethyl adjacent to an activating group) is 1. The van der Waals surface area contributed by atoms with Crippen LogP contribution >= 0.6 is 0 Å². The lowest BCUT2D eigenvalue weighted by Gasteiger charge is -2.11. The Morgan fingerprint density at radius 2 is 1.79 bits per heavy atom. The van der Waals surface area contributed by atoms with Crippen LogP contribution < -0.4 is 0 Å². The van der Waals surface area contributed by atoms with Crippen molar-refractivity contribution >= 4 is 0 Å². The van der Waals surface area contributed by atoms with Gasteiger partial charge in [-0.15, -0.1) is 0 Å². The van der Waals surface area contributed by atoms with Crippen LogP contribution in [0.4, 0.5) is 0 Å². The third-order valence-electron chi connectivity index (χ3n) is 1.92. The van der Waals surface area contributed by atoms with Crippen molar-refractivity contribution in [3.8, 4) is 0 Å². The minimum Gasteiger partial charge on any atom is -0.377 e. The molecular weight excluding hydrogens is 170 g/mol. The molecule has 1 heterocycles. The summed E-state index contributed by atoms with van der Waals surface area (Å²) in [5, 5.41) is 0. The van der Waals surface area contributed by atoms with E-state index in [1.54, 1.807) is 0 Å². The average Bonchev–Trinajstić information content (AvgIpc) is 2.21. The van der Waals surface area contributed by atoms with Gasteiger partial charge in [-0.1, -0.05) is 48.0 Å². The van der Waals surface area contributed by atoms with Gasteiger partial charge in [0.05, 0.1) is 0 Å². The predicted octanol–water partition coefficient (Wildman–Crippen LogP) is 3.00. The first-order chi connectivity index (χ1) is 6.79. The highest BCUT2D eigenvalue weighted by atomic mass is 15.1. The SMILES string of the molecule is CN1C=CC=CC1.Cc1ccccc1. The van der Waals surface area contributed by atoms with Crippen molar-refractivity contribution in [2.24, 2.45) is 0 Å². The second kappa shape index (κ2) is 6.03. The second-order valence-corrected chi connectivity index (χ2v) is 3.36. The van der Waals surface area contributed by atoms with Crippen LogP contribution in [0, 0.1) is 6.92 Å². The molecule has 0 aromatic heterocycles. The summed E-state index contributed by atoms with van der Waals surface area (Å²) in [7, 11) is 2.06. The number of rotatable bonds is 0. The molecule has 0 spiro atoms. The van der Waals surface area contributed by atoms with Gasteiger partial charge >= 0.3 is 0 Å². The number of benzene rings is 1. The van der Waals surface area contributed by atoms with Crippen LogP contribution in [0.2, 0.25) is 0 Å². The zero-order chi connectivity index (χ0) is 10.2. The van der Waals surface area contributed by atoms with Crippen molar-refractivity contribution < 1.29 is 0 Å². The van der Waals surface area contributed by atoms with Crippen LogP contribution in [-0.4, -0.2) is 18.5 Å². The lowest BCUT2D eigenvalue weighted by molar-refractivity contribution is 0.505.